The third-order valence-corrected chi connectivity index (χ3v) is 3.06. The van der Waals surface area contributed by atoms with Crippen LogP contribution >= 0.6 is 0 Å². The molecule has 0 amide bonds. The van der Waals surface area contributed by atoms with Crippen molar-refractivity contribution in [1.82, 2.24) is 0 Å². The predicted molar refractivity (Wildman–Crippen MR) is 67.2 cm³/mol. The Morgan fingerprint density at radius 1 is 1.58 bits per heavy atom. The number of morpholine rings is 1. The van der Waals surface area contributed by atoms with E-state index in [1.807, 2.05) is 11.0 Å². The Bertz CT molecular complexity index is 524. The Labute approximate surface area is 110 Å². The lowest BCUT2D eigenvalue weighted by atomic mass is 10.1. The largest absolute Gasteiger partial charge is 0.478 e. The lowest BCUT2D eigenvalue weighted by Gasteiger charge is -2.33. The zero-order chi connectivity index (χ0) is 13.8. The summed E-state index contributed by atoms with van der Waals surface area (Å²) >= 11 is 0. The molecule has 1 aromatic rings. The fourth-order valence-electron chi connectivity index (χ4n) is 2.07. The van der Waals surface area contributed by atoms with Crippen LogP contribution in [0.15, 0.2) is 18.2 Å². The molecule has 0 spiro atoms. The molecule has 100 valence electrons. The average molecular weight is 262 g/mol. The maximum Gasteiger partial charge on any atom is 0.337 e. The van der Waals surface area contributed by atoms with Crippen molar-refractivity contribution in [2.24, 2.45) is 0 Å². The zero-order valence-corrected chi connectivity index (χ0v) is 10.2. The van der Waals surface area contributed by atoms with Crippen molar-refractivity contribution in [3.8, 4) is 6.07 Å². The summed E-state index contributed by atoms with van der Waals surface area (Å²) in [6.45, 7) is 1.60. The number of carboxylic acids is 1. The first-order chi connectivity index (χ1) is 9.15. The normalized spacial score (nSPS) is 18.9. The minimum Gasteiger partial charge on any atom is -0.478 e. The molecule has 1 saturated heterocycles. The molecule has 1 aliphatic rings. The highest BCUT2D eigenvalue weighted by atomic mass is 16.5. The summed E-state index contributed by atoms with van der Waals surface area (Å²) in [4.78, 5) is 12.9. The second-order valence-electron chi connectivity index (χ2n) is 4.27. The minimum absolute atomic E-state index is 0.00165. The number of hydrogen-bond donors (Lipinski definition) is 2. The second-order valence-corrected chi connectivity index (χ2v) is 4.27. The molecule has 1 aromatic carbocycles. The number of carboxylic acid groups (broad SMARTS) is 1. The molecule has 0 radical (unpaired) electrons. The number of aromatic carboxylic acids is 1. The molecule has 1 aliphatic heterocycles. The van der Waals surface area contributed by atoms with Gasteiger partial charge in [-0.2, -0.15) is 5.26 Å². The maximum absolute atomic E-state index is 10.9. The van der Waals surface area contributed by atoms with E-state index in [1.165, 1.54) is 6.07 Å². The number of hydrogen-bond acceptors (Lipinski definition) is 5. The van der Waals surface area contributed by atoms with Gasteiger partial charge in [0.15, 0.2) is 0 Å². The summed E-state index contributed by atoms with van der Waals surface area (Å²) in [6.07, 6.45) is -0.251. The van der Waals surface area contributed by atoms with Gasteiger partial charge in [-0.1, -0.05) is 0 Å². The van der Waals surface area contributed by atoms with E-state index < -0.39 is 5.97 Å². The molecular weight excluding hydrogens is 248 g/mol. The monoisotopic (exact) mass is 262 g/mol. The number of ether oxygens (including phenoxy) is 1. The minimum atomic E-state index is -1.11. The third kappa shape index (κ3) is 2.84. The first-order valence-corrected chi connectivity index (χ1v) is 5.90. The van der Waals surface area contributed by atoms with Crippen LogP contribution in [0.2, 0.25) is 0 Å². The van der Waals surface area contributed by atoms with Gasteiger partial charge in [-0.15, -0.1) is 0 Å². The number of carbonyl (C=O) groups is 1. The fourth-order valence-corrected chi connectivity index (χ4v) is 2.07. The van der Waals surface area contributed by atoms with Gasteiger partial charge < -0.3 is 19.8 Å². The molecule has 0 aromatic heterocycles. The highest BCUT2D eigenvalue weighted by molar-refractivity contribution is 5.91. The Hall–Kier alpha value is -2.10. The van der Waals surface area contributed by atoms with Crippen molar-refractivity contribution < 1.29 is 19.7 Å². The average Bonchev–Trinajstić information content (AvgIpc) is 2.46. The van der Waals surface area contributed by atoms with E-state index >= 15 is 0 Å². The van der Waals surface area contributed by atoms with Crippen molar-refractivity contribution in [3.05, 3.63) is 29.3 Å². The number of benzene rings is 1. The van der Waals surface area contributed by atoms with Crippen LogP contribution in [0.3, 0.4) is 0 Å². The molecular formula is C13H14N2O4. The number of anilines is 1. The van der Waals surface area contributed by atoms with Gasteiger partial charge in [0, 0.05) is 18.8 Å². The summed E-state index contributed by atoms with van der Waals surface area (Å²) in [5, 5.41) is 27.0. The van der Waals surface area contributed by atoms with Crippen molar-refractivity contribution >= 4 is 11.7 Å². The molecule has 0 aliphatic carbocycles. The highest BCUT2D eigenvalue weighted by Gasteiger charge is 2.21. The number of aliphatic hydroxyl groups is 1. The van der Waals surface area contributed by atoms with Crippen LogP contribution in [-0.4, -0.2) is 48.6 Å². The van der Waals surface area contributed by atoms with Gasteiger partial charge in [0.1, 0.15) is 6.07 Å². The van der Waals surface area contributed by atoms with E-state index in [0.29, 0.717) is 19.7 Å². The van der Waals surface area contributed by atoms with Crippen molar-refractivity contribution in [3.63, 3.8) is 0 Å². The highest BCUT2D eigenvalue weighted by Crippen LogP contribution is 2.21. The summed E-state index contributed by atoms with van der Waals surface area (Å²) in [6, 6.07) is 6.55. The summed E-state index contributed by atoms with van der Waals surface area (Å²) in [7, 11) is 0. The van der Waals surface area contributed by atoms with Crippen LogP contribution in [-0.2, 0) is 4.74 Å². The first-order valence-electron chi connectivity index (χ1n) is 5.90. The van der Waals surface area contributed by atoms with E-state index in [2.05, 4.69) is 0 Å². The van der Waals surface area contributed by atoms with Crippen LogP contribution < -0.4 is 4.90 Å². The third-order valence-electron chi connectivity index (χ3n) is 3.06. The molecule has 6 nitrogen and oxygen atoms in total. The zero-order valence-electron chi connectivity index (χ0n) is 10.2. The predicted octanol–water partition coefficient (Wildman–Crippen LogP) is 0.454. The van der Waals surface area contributed by atoms with Gasteiger partial charge in [-0.25, -0.2) is 4.79 Å². The molecule has 6 heteroatoms. The van der Waals surface area contributed by atoms with Crippen molar-refractivity contribution in [2.75, 3.05) is 31.2 Å². The van der Waals surface area contributed by atoms with Gasteiger partial charge in [0.25, 0.3) is 0 Å². The maximum atomic E-state index is 10.9. The molecule has 0 bridgehead atoms. The van der Waals surface area contributed by atoms with E-state index in [1.54, 1.807) is 12.1 Å². The van der Waals surface area contributed by atoms with Crippen LogP contribution in [0.4, 0.5) is 5.69 Å². The fraction of sp³-hybridized carbons (Fsp3) is 0.385. The number of rotatable bonds is 3. The van der Waals surface area contributed by atoms with E-state index in [4.69, 9.17) is 20.2 Å². The molecule has 1 heterocycles. The summed E-state index contributed by atoms with van der Waals surface area (Å²) in [5.74, 6) is -1.11. The van der Waals surface area contributed by atoms with Crippen molar-refractivity contribution in [1.29, 1.82) is 5.26 Å². The van der Waals surface area contributed by atoms with E-state index in [-0.39, 0.29) is 23.8 Å². The molecule has 19 heavy (non-hydrogen) atoms. The van der Waals surface area contributed by atoms with Gasteiger partial charge in [0.05, 0.1) is 30.4 Å². The summed E-state index contributed by atoms with van der Waals surface area (Å²) in [5.41, 5.74) is 0.901. The quantitative estimate of drug-likeness (QED) is 0.821. The van der Waals surface area contributed by atoms with E-state index in [0.717, 1.165) is 5.69 Å². The smallest absolute Gasteiger partial charge is 0.337 e. The van der Waals surface area contributed by atoms with Gasteiger partial charge in [-0.3, -0.25) is 0 Å². The molecule has 2 N–H and O–H groups in total. The van der Waals surface area contributed by atoms with Gasteiger partial charge >= 0.3 is 5.97 Å². The van der Waals surface area contributed by atoms with E-state index in [9.17, 15) is 4.79 Å². The Morgan fingerprint density at radius 3 is 3.00 bits per heavy atom. The standard InChI is InChI=1S/C13H14N2O4/c14-6-9-5-10(1-2-12(9)13(17)18)15-3-4-19-11(7-15)8-16/h1-2,5,11,16H,3-4,7-8H2,(H,17,18)/t11-/m1/s1. The number of aliphatic hydroxyl groups excluding tert-OH is 1. The SMILES string of the molecule is N#Cc1cc(N2CCO[C@@H](CO)C2)ccc1C(=O)O. The van der Waals surface area contributed by atoms with Gasteiger partial charge in [0.2, 0.25) is 0 Å². The van der Waals surface area contributed by atoms with Crippen LogP contribution in [0.1, 0.15) is 15.9 Å². The molecule has 0 unspecified atom stereocenters. The van der Waals surface area contributed by atoms with Crippen LogP contribution in [0.5, 0.6) is 0 Å². The molecule has 1 fully saturated rings. The first kappa shape index (κ1) is 13.3. The Kier molecular flexibility index (Phi) is 4.00. The molecule has 0 saturated carbocycles. The Morgan fingerprint density at radius 2 is 2.37 bits per heavy atom. The lowest BCUT2D eigenvalue weighted by Crippen LogP contribution is -2.44. The lowest BCUT2D eigenvalue weighted by molar-refractivity contribution is 0.00356. The molecule has 2 rings (SSSR count). The number of nitriles is 1. The molecule has 1 atom stereocenters. The Balaban J connectivity index is 2.26. The van der Waals surface area contributed by atoms with Crippen LogP contribution in [0.25, 0.3) is 0 Å². The topological polar surface area (TPSA) is 93.8 Å². The number of nitrogens with zero attached hydrogens (tertiary/aromatic N) is 2. The van der Waals surface area contributed by atoms with Crippen LogP contribution in [0, 0.1) is 11.3 Å². The van der Waals surface area contributed by atoms with Gasteiger partial charge in [-0.05, 0) is 18.2 Å². The summed E-state index contributed by atoms with van der Waals surface area (Å²) < 4.78 is 5.35. The van der Waals surface area contributed by atoms with Crippen molar-refractivity contribution in [2.45, 2.75) is 6.10 Å². The second kappa shape index (κ2) is 5.69.